The lowest BCUT2D eigenvalue weighted by molar-refractivity contribution is 0.284. The van der Waals surface area contributed by atoms with Crippen LogP contribution in [0, 0.1) is 11.5 Å². The third kappa shape index (κ3) is 11.1. The van der Waals surface area contributed by atoms with Gasteiger partial charge in [-0.3, -0.25) is 23.5 Å². The predicted molar refractivity (Wildman–Crippen MR) is 204 cm³/mol. The van der Waals surface area contributed by atoms with Gasteiger partial charge >= 0.3 is 10.4 Å². The van der Waals surface area contributed by atoms with Crippen molar-refractivity contribution < 1.29 is 74.3 Å². The molecule has 0 amide bonds. The second-order valence-electron chi connectivity index (χ2n) is 11.5. The number of phenolic OH excluding ortho intramolecular Hbond substituents is 1. The molecule has 0 spiro atoms. The van der Waals surface area contributed by atoms with E-state index in [1.54, 1.807) is 6.19 Å². The van der Waals surface area contributed by atoms with Crippen LogP contribution in [-0.4, -0.2) is 99.8 Å². The number of phenols is 1. The molecule has 5 aromatic rings. The summed E-state index contributed by atoms with van der Waals surface area (Å²) >= 11 is 0. The minimum Gasteiger partial charge on any atom is -0.505 e. The van der Waals surface area contributed by atoms with Crippen molar-refractivity contribution in [1.82, 2.24) is 15.0 Å². The van der Waals surface area contributed by atoms with Crippen molar-refractivity contribution >= 4 is 102 Å². The van der Waals surface area contributed by atoms with Gasteiger partial charge in [0, 0.05) is 23.2 Å². The van der Waals surface area contributed by atoms with Gasteiger partial charge in [0.25, 0.3) is 30.4 Å². The molecule has 318 valence electrons. The van der Waals surface area contributed by atoms with Crippen LogP contribution in [0.2, 0.25) is 0 Å². The van der Waals surface area contributed by atoms with E-state index in [2.05, 4.69) is 45.3 Å². The maximum absolute atomic E-state index is 12.6. The topological polar surface area (TPSA) is 414 Å². The first kappa shape index (κ1) is 44.9. The number of azo groups is 1. The van der Waals surface area contributed by atoms with E-state index in [0.29, 0.717) is 12.1 Å². The molecule has 26 nitrogen and oxygen atoms in total. The third-order valence-electron chi connectivity index (χ3n) is 7.47. The molecule has 31 heteroatoms. The normalized spacial score (nSPS) is 12.6. The van der Waals surface area contributed by atoms with Crippen molar-refractivity contribution in [3.63, 3.8) is 0 Å². The zero-order valence-corrected chi connectivity index (χ0v) is 33.6. The number of ether oxygens (including phenoxy) is 1. The summed E-state index contributed by atoms with van der Waals surface area (Å²) in [5, 5.41) is 34.6. The van der Waals surface area contributed by atoms with Crippen LogP contribution < -0.4 is 20.7 Å². The van der Waals surface area contributed by atoms with E-state index in [9.17, 15) is 66.1 Å². The van der Waals surface area contributed by atoms with Gasteiger partial charge < -0.3 is 20.5 Å². The van der Waals surface area contributed by atoms with Crippen molar-refractivity contribution in [2.75, 3.05) is 35.4 Å². The van der Waals surface area contributed by atoms with E-state index < -0.39 is 117 Å². The van der Waals surface area contributed by atoms with E-state index in [-0.39, 0.29) is 28.0 Å². The Balaban J connectivity index is 1.61. The largest absolute Gasteiger partial charge is 0.505 e. The Bertz CT molecular complexity index is 3180. The number of rotatable bonds is 16. The van der Waals surface area contributed by atoms with Gasteiger partial charge in [0.05, 0.1) is 45.5 Å². The predicted octanol–water partition coefficient (Wildman–Crippen LogP) is 2.87. The SMILES string of the molecule is COc1cc(N=Nc2c(S(=O)(=O)O)cc3cc(S(=O)(=O)O)cc(Nc4nc(NC#N)nc(Nc5ccc(S(=O)(=O)CCOS(=O)(=O)O)cc5)n4)c3c2O)cc(S(=O)(=O)O)c1. The summed E-state index contributed by atoms with van der Waals surface area (Å²) in [6.45, 7) is -0.881. The molecule has 60 heavy (non-hydrogen) atoms. The minimum absolute atomic E-state index is 0.118. The first-order valence-corrected chi connectivity index (χ1v) is 22.9. The van der Waals surface area contributed by atoms with Crippen LogP contribution in [0.1, 0.15) is 0 Å². The second kappa shape index (κ2) is 16.8. The Morgan fingerprint density at radius 1 is 0.717 bits per heavy atom. The van der Waals surface area contributed by atoms with Gasteiger partial charge in [0.2, 0.25) is 17.8 Å². The molecule has 0 aliphatic carbocycles. The molecule has 1 heterocycles. The number of methoxy groups -OCH3 is 1. The van der Waals surface area contributed by atoms with Crippen LogP contribution in [0.4, 0.5) is 40.6 Å². The number of hydrogen-bond acceptors (Lipinski definition) is 22. The monoisotopic (exact) mass is 931 g/mol. The number of aromatic hydroxyl groups is 1. The van der Waals surface area contributed by atoms with Crippen LogP contribution in [0.25, 0.3) is 10.8 Å². The number of benzene rings is 4. The van der Waals surface area contributed by atoms with Gasteiger partial charge in [-0.15, -0.1) is 5.11 Å². The van der Waals surface area contributed by atoms with Crippen LogP contribution >= 0.6 is 0 Å². The van der Waals surface area contributed by atoms with E-state index in [0.717, 1.165) is 43.5 Å². The van der Waals surface area contributed by atoms with Crippen molar-refractivity contribution in [3.8, 4) is 17.7 Å². The average Bonchev–Trinajstić information content (AvgIpc) is 3.12. The molecule has 0 bridgehead atoms. The van der Waals surface area contributed by atoms with E-state index in [4.69, 9.17) is 9.29 Å². The van der Waals surface area contributed by atoms with E-state index in [1.165, 1.54) is 12.1 Å². The zero-order valence-electron chi connectivity index (χ0n) is 29.5. The molecule has 1 aromatic heterocycles. The molecular weight excluding hydrogens is 907 g/mol. The standard InChI is InChI=1S/C29H25N9O17S5/c1-54-18-10-17(11-21(12-18)58(45,46)47)37-38-25-23(59(48,49)50)9-15-8-20(57(42,43)44)13-22(24(15)26(25)39)33-29-35-27(31-14-30)34-28(36-29)32-16-2-4-19(5-3-16)56(40,41)7-6-55-60(51,52)53/h2-5,8-13,39H,6-7H2,1H3,(H,42,43,44)(H,45,46,47)(H,48,49,50)(H,51,52,53)(H3,31,32,33,34,35,36). The molecule has 0 aliphatic rings. The van der Waals surface area contributed by atoms with E-state index in [1.807, 2.05) is 0 Å². The van der Waals surface area contributed by atoms with Crippen molar-refractivity contribution in [2.24, 2.45) is 10.2 Å². The van der Waals surface area contributed by atoms with Crippen LogP contribution in [0.3, 0.4) is 0 Å². The molecule has 0 aliphatic heterocycles. The summed E-state index contributed by atoms with van der Waals surface area (Å²) in [6, 6.07) is 9.55. The number of sulfone groups is 1. The van der Waals surface area contributed by atoms with Crippen LogP contribution in [0.5, 0.6) is 11.5 Å². The highest BCUT2D eigenvalue weighted by atomic mass is 32.3. The van der Waals surface area contributed by atoms with Crippen LogP contribution in [0.15, 0.2) is 90.5 Å². The second-order valence-corrected chi connectivity index (χ2v) is 19.0. The third-order valence-corrected chi connectivity index (χ3v) is 12.2. The fourth-order valence-corrected chi connectivity index (χ4v) is 8.17. The fraction of sp³-hybridized carbons (Fsp3) is 0.103. The summed E-state index contributed by atoms with van der Waals surface area (Å²) in [5.41, 5.74) is -1.76. The Morgan fingerprint density at radius 3 is 1.88 bits per heavy atom. The minimum atomic E-state index is -5.34. The highest BCUT2D eigenvalue weighted by molar-refractivity contribution is 7.91. The molecule has 0 unspecified atom stereocenters. The smallest absolute Gasteiger partial charge is 0.397 e. The highest BCUT2D eigenvalue weighted by Crippen LogP contribution is 2.46. The number of fused-ring (bicyclic) bond motifs is 1. The number of aromatic nitrogens is 3. The molecular formula is C29H25N9O17S5. The maximum atomic E-state index is 12.6. The summed E-state index contributed by atoms with van der Waals surface area (Å²) in [4.78, 5) is 8.99. The lowest BCUT2D eigenvalue weighted by Gasteiger charge is -2.15. The lowest BCUT2D eigenvalue weighted by Crippen LogP contribution is -2.15. The van der Waals surface area contributed by atoms with Crippen molar-refractivity contribution in [2.45, 2.75) is 19.6 Å². The first-order valence-electron chi connectivity index (χ1n) is 15.5. The fourth-order valence-electron chi connectivity index (χ4n) is 4.95. The number of nitrogens with one attached hydrogen (secondary N) is 3. The lowest BCUT2D eigenvalue weighted by atomic mass is 10.1. The van der Waals surface area contributed by atoms with Crippen molar-refractivity contribution in [1.29, 1.82) is 5.26 Å². The Hall–Kier alpha value is -6.21. The van der Waals surface area contributed by atoms with Gasteiger partial charge in [0.1, 0.15) is 16.3 Å². The molecule has 0 atom stereocenters. The Labute approximate surface area is 338 Å². The summed E-state index contributed by atoms with van der Waals surface area (Å²) < 4.78 is 167. The molecule has 8 N–H and O–H groups in total. The molecule has 5 rings (SSSR count). The summed E-state index contributed by atoms with van der Waals surface area (Å²) in [5.74, 6) is -3.46. The highest BCUT2D eigenvalue weighted by Gasteiger charge is 2.26. The number of nitrogens with zero attached hydrogens (tertiary/aromatic N) is 6. The number of hydrogen-bond donors (Lipinski definition) is 8. The molecule has 0 fully saturated rings. The summed E-state index contributed by atoms with van der Waals surface area (Å²) in [6.07, 6.45) is 1.56. The van der Waals surface area contributed by atoms with E-state index >= 15 is 0 Å². The van der Waals surface area contributed by atoms with Gasteiger partial charge in [-0.2, -0.15) is 59.0 Å². The first-order chi connectivity index (χ1) is 27.8. The van der Waals surface area contributed by atoms with Gasteiger partial charge in [-0.1, -0.05) is 0 Å². The maximum Gasteiger partial charge on any atom is 0.397 e. The molecule has 0 saturated carbocycles. The van der Waals surface area contributed by atoms with Gasteiger partial charge in [-0.25, -0.2) is 12.6 Å². The molecule has 4 aromatic carbocycles. The Kier molecular flexibility index (Phi) is 12.6. The van der Waals surface area contributed by atoms with Gasteiger partial charge in [-0.05, 0) is 53.9 Å². The molecule has 0 saturated heterocycles. The quantitative estimate of drug-likeness (QED) is 0.0305. The number of anilines is 5. The average molecular weight is 932 g/mol. The van der Waals surface area contributed by atoms with Crippen molar-refractivity contribution in [3.05, 3.63) is 60.7 Å². The number of nitriles is 1. The molecule has 0 radical (unpaired) electrons. The van der Waals surface area contributed by atoms with Crippen LogP contribution in [-0.2, 0) is 54.8 Å². The Morgan fingerprint density at radius 2 is 1.32 bits per heavy atom. The summed E-state index contributed by atoms with van der Waals surface area (Å²) in [7, 11) is -23.1. The van der Waals surface area contributed by atoms with Gasteiger partial charge in [0.15, 0.2) is 21.8 Å². The zero-order chi connectivity index (χ0) is 44.4.